The first kappa shape index (κ1) is 15.7. The average Bonchev–Trinajstić information content (AvgIpc) is 2.79. The maximum absolute atomic E-state index is 12.3. The van der Waals surface area contributed by atoms with E-state index in [0.29, 0.717) is 24.4 Å². The number of hydrogen-bond acceptors (Lipinski definition) is 3. The van der Waals surface area contributed by atoms with Crippen molar-refractivity contribution < 1.29 is 8.42 Å². The van der Waals surface area contributed by atoms with Gasteiger partial charge in [-0.3, -0.25) is 5.10 Å². The lowest BCUT2D eigenvalue weighted by molar-refractivity contribution is 0.580. The van der Waals surface area contributed by atoms with E-state index in [4.69, 9.17) is 0 Å². The van der Waals surface area contributed by atoms with E-state index < -0.39 is 10.0 Å². The van der Waals surface area contributed by atoms with E-state index in [-0.39, 0.29) is 4.90 Å². The number of aromatic amines is 1. The van der Waals surface area contributed by atoms with Gasteiger partial charge in [-0.1, -0.05) is 31.2 Å². The van der Waals surface area contributed by atoms with Gasteiger partial charge >= 0.3 is 0 Å². The van der Waals surface area contributed by atoms with Crippen LogP contribution in [0.4, 0.5) is 0 Å². The molecule has 1 heterocycles. The summed E-state index contributed by atoms with van der Waals surface area (Å²) in [5.41, 5.74) is 3.46. The number of H-pyrrole nitrogens is 1. The summed E-state index contributed by atoms with van der Waals surface area (Å²) >= 11 is 0. The van der Waals surface area contributed by atoms with E-state index in [1.807, 2.05) is 12.1 Å². The van der Waals surface area contributed by atoms with Gasteiger partial charge in [0.05, 0.1) is 11.4 Å². The Hall–Kier alpha value is -1.66. The van der Waals surface area contributed by atoms with Gasteiger partial charge in [0.1, 0.15) is 4.90 Å². The summed E-state index contributed by atoms with van der Waals surface area (Å²) in [6, 6.07) is 8.24. The van der Waals surface area contributed by atoms with Gasteiger partial charge in [0.2, 0.25) is 10.0 Å². The Kier molecular flexibility index (Phi) is 4.80. The fourth-order valence-corrected chi connectivity index (χ4v) is 3.68. The molecule has 6 heteroatoms. The summed E-state index contributed by atoms with van der Waals surface area (Å²) in [5, 5.41) is 6.62. The lowest BCUT2D eigenvalue weighted by atomic mass is 10.1. The van der Waals surface area contributed by atoms with E-state index >= 15 is 0 Å². The summed E-state index contributed by atoms with van der Waals surface area (Å²) in [6.07, 6.45) is 1.67. The number of hydrogen-bond donors (Lipinski definition) is 2. The second kappa shape index (κ2) is 6.41. The minimum absolute atomic E-state index is 0.254. The van der Waals surface area contributed by atoms with Crippen LogP contribution in [0.25, 0.3) is 0 Å². The molecule has 0 spiro atoms. The summed E-state index contributed by atoms with van der Waals surface area (Å²) < 4.78 is 27.1. The number of aromatic nitrogens is 2. The number of rotatable bonds is 6. The molecular formula is C15H21N3O2S. The molecule has 114 valence electrons. The Morgan fingerprint density at radius 3 is 2.29 bits per heavy atom. The highest BCUT2D eigenvalue weighted by molar-refractivity contribution is 7.89. The normalized spacial score (nSPS) is 11.8. The molecular weight excluding hydrogens is 286 g/mol. The Labute approximate surface area is 125 Å². The van der Waals surface area contributed by atoms with Crippen LogP contribution >= 0.6 is 0 Å². The van der Waals surface area contributed by atoms with Crippen molar-refractivity contribution in [3.63, 3.8) is 0 Å². The van der Waals surface area contributed by atoms with Crippen molar-refractivity contribution in [2.75, 3.05) is 6.54 Å². The largest absolute Gasteiger partial charge is 0.281 e. The van der Waals surface area contributed by atoms with E-state index in [2.05, 4.69) is 34.0 Å². The number of sulfonamides is 1. The standard InChI is InChI=1S/C15H21N3O2S/c1-4-13-5-7-14(8-6-13)9-10-16-21(19,20)15-11(2)17-18-12(15)3/h5-8,16H,4,9-10H2,1-3H3,(H,17,18). The number of nitrogens with zero attached hydrogens (tertiary/aromatic N) is 1. The molecule has 0 fully saturated rings. The van der Waals surface area contributed by atoms with Crippen LogP contribution in [-0.4, -0.2) is 25.2 Å². The molecule has 2 N–H and O–H groups in total. The third kappa shape index (κ3) is 3.71. The zero-order chi connectivity index (χ0) is 15.5. The van der Waals surface area contributed by atoms with Crippen LogP contribution < -0.4 is 4.72 Å². The molecule has 0 aliphatic rings. The summed E-state index contributed by atoms with van der Waals surface area (Å²) in [4.78, 5) is 0.254. The Morgan fingerprint density at radius 2 is 1.76 bits per heavy atom. The molecule has 2 rings (SSSR count). The number of nitrogens with one attached hydrogen (secondary N) is 2. The molecule has 0 saturated carbocycles. The van der Waals surface area contributed by atoms with Gasteiger partial charge < -0.3 is 0 Å². The van der Waals surface area contributed by atoms with Crippen LogP contribution in [0.2, 0.25) is 0 Å². The fraction of sp³-hybridized carbons (Fsp3) is 0.400. The Bertz CT molecular complexity index is 684. The number of benzene rings is 1. The molecule has 0 aliphatic carbocycles. The monoisotopic (exact) mass is 307 g/mol. The summed E-state index contributed by atoms with van der Waals surface area (Å²) in [7, 11) is -3.51. The maximum atomic E-state index is 12.3. The molecule has 1 aromatic carbocycles. The van der Waals surface area contributed by atoms with Crippen LogP contribution in [0.15, 0.2) is 29.2 Å². The van der Waals surface area contributed by atoms with E-state index in [0.717, 1.165) is 12.0 Å². The number of aryl methyl sites for hydroxylation is 3. The van der Waals surface area contributed by atoms with E-state index in [1.54, 1.807) is 13.8 Å². The smallest absolute Gasteiger partial charge is 0.244 e. The van der Waals surface area contributed by atoms with Crippen molar-refractivity contribution in [3.8, 4) is 0 Å². The Balaban J connectivity index is 1.99. The van der Waals surface area contributed by atoms with Crippen LogP contribution in [-0.2, 0) is 22.9 Å². The van der Waals surface area contributed by atoms with Crippen LogP contribution in [0, 0.1) is 13.8 Å². The van der Waals surface area contributed by atoms with Gasteiger partial charge in [-0.15, -0.1) is 0 Å². The zero-order valence-corrected chi connectivity index (χ0v) is 13.4. The Morgan fingerprint density at radius 1 is 1.14 bits per heavy atom. The third-order valence-electron chi connectivity index (χ3n) is 3.47. The minimum atomic E-state index is -3.51. The molecule has 0 saturated heterocycles. The first-order valence-corrected chi connectivity index (χ1v) is 8.51. The van der Waals surface area contributed by atoms with E-state index in [1.165, 1.54) is 5.56 Å². The van der Waals surface area contributed by atoms with Crippen molar-refractivity contribution in [2.45, 2.75) is 38.5 Å². The molecule has 21 heavy (non-hydrogen) atoms. The van der Waals surface area contributed by atoms with Crippen molar-refractivity contribution in [1.82, 2.24) is 14.9 Å². The van der Waals surface area contributed by atoms with Gasteiger partial charge in [0.25, 0.3) is 0 Å². The first-order chi connectivity index (χ1) is 9.94. The lowest BCUT2D eigenvalue weighted by Crippen LogP contribution is -2.26. The minimum Gasteiger partial charge on any atom is -0.281 e. The second-order valence-electron chi connectivity index (χ2n) is 5.08. The van der Waals surface area contributed by atoms with Crippen molar-refractivity contribution in [2.24, 2.45) is 0 Å². The van der Waals surface area contributed by atoms with Crippen LogP contribution in [0.3, 0.4) is 0 Å². The molecule has 0 aliphatic heterocycles. The fourth-order valence-electron chi connectivity index (χ4n) is 2.28. The van der Waals surface area contributed by atoms with Crippen molar-refractivity contribution >= 4 is 10.0 Å². The van der Waals surface area contributed by atoms with Gasteiger partial charge in [-0.05, 0) is 37.8 Å². The van der Waals surface area contributed by atoms with Crippen LogP contribution in [0.1, 0.15) is 29.4 Å². The van der Waals surface area contributed by atoms with Crippen molar-refractivity contribution in [3.05, 3.63) is 46.8 Å². The van der Waals surface area contributed by atoms with Crippen molar-refractivity contribution in [1.29, 1.82) is 0 Å². The van der Waals surface area contributed by atoms with Gasteiger partial charge in [-0.25, -0.2) is 13.1 Å². The van der Waals surface area contributed by atoms with Gasteiger partial charge in [0.15, 0.2) is 0 Å². The summed E-state index contributed by atoms with van der Waals surface area (Å²) in [5.74, 6) is 0. The molecule has 0 amide bonds. The van der Waals surface area contributed by atoms with Crippen LogP contribution in [0.5, 0.6) is 0 Å². The predicted molar refractivity (Wildman–Crippen MR) is 82.8 cm³/mol. The highest BCUT2D eigenvalue weighted by Gasteiger charge is 2.21. The highest BCUT2D eigenvalue weighted by atomic mass is 32.2. The topological polar surface area (TPSA) is 74.8 Å². The third-order valence-corrected chi connectivity index (χ3v) is 5.19. The predicted octanol–water partition coefficient (Wildman–Crippen LogP) is 2.11. The SMILES string of the molecule is CCc1ccc(CCNS(=O)(=O)c2c(C)n[nH]c2C)cc1. The van der Waals surface area contributed by atoms with Gasteiger partial charge in [0, 0.05) is 6.54 Å². The quantitative estimate of drug-likeness (QED) is 0.858. The molecule has 0 unspecified atom stereocenters. The molecule has 1 aromatic heterocycles. The molecule has 0 bridgehead atoms. The first-order valence-electron chi connectivity index (χ1n) is 7.03. The maximum Gasteiger partial charge on any atom is 0.244 e. The summed E-state index contributed by atoms with van der Waals surface area (Å²) in [6.45, 7) is 5.87. The molecule has 0 radical (unpaired) electrons. The lowest BCUT2D eigenvalue weighted by Gasteiger charge is -2.07. The average molecular weight is 307 g/mol. The zero-order valence-electron chi connectivity index (χ0n) is 12.6. The highest BCUT2D eigenvalue weighted by Crippen LogP contribution is 2.16. The van der Waals surface area contributed by atoms with Gasteiger partial charge in [-0.2, -0.15) is 5.10 Å². The molecule has 5 nitrogen and oxygen atoms in total. The molecule has 2 aromatic rings. The molecule has 0 atom stereocenters. The second-order valence-corrected chi connectivity index (χ2v) is 6.78. The van der Waals surface area contributed by atoms with E-state index in [9.17, 15) is 8.42 Å².